The molecule has 2 aliphatic rings. The second-order valence-corrected chi connectivity index (χ2v) is 6.48. The first kappa shape index (κ1) is 15.7. The second kappa shape index (κ2) is 6.94. The molecule has 1 aromatic rings. The van der Waals surface area contributed by atoms with E-state index in [4.69, 9.17) is 4.74 Å². The lowest BCUT2D eigenvalue weighted by Gasteiger charge is -2.36. The Morgan fingerprint density at radius 3 is 2.59 bits per heavy atom. The molecule has 5 heteroatoms. The van der Waals surface area contributed by atoms with Gasteiger partial charge in [-0.2, -0.15) is 0 Å². The van der Waals surface area contributed by atoms with Gasteiger partial charge in [0.25, 0.3) is 0 Å². The van der Waals surface area contributed by atoms with Crippen molar-refractivity contribution in [2.75, 3.05) is 45.2 Å². The molecule has 0 spiro atoms. The summed E-state index contributed by atoms with van der Waals surface area (Å²) < 4.78 is 19.4. The summed E-state index contributed by atoms with van der Waals surface area (Å²) in [6, 6.07) is 7.96. The first-order valence-corrected chi connectivity index (χ1v) is 8.14. The van der Waals surface area contributed by atoms with E-state index < -0.39 is 0 Å². The molecule has 2 heterocycles. The highest BCUT2D eigenvalue weighted by atomic mass is 19.1. The fraction of sp³-hybridized carbons (Fsp3) is 0.647. The van der Waals surface area contributed by atoms with Gasteiger partial charge >= 0.3 is 0 Å². The molecule has 0 radical (unpaired) electrons. The van der Waals surface area contributed by atoms with Crippen LogP contribution in [0, 0.1) is 5.82 Å². The van der Waals surface area contributed by atoms with Crippen molar-refractivity contribution in [3.63, 3.8) is 0 Å². The van der Waals surface area contributed by atoms with Crippen LogP contribution >= 0.6 is 0 Å². The molecule has 2 saturated heterocycles. The molecule has 0 aromatic heterocycles. The minimum absolute atomic E-state index is 0.120. The predicted octanol–water partition coefficient (Wildman–Crippen LogP) is 1.71. The predicted molar refractivity (Wildman–Crippen MR) is 86.9 cm³/mol. The number of para-hydroxylation sites is 1. The maximum Gasteiger partial charge on any atom is 0.146 e. The van der Waals surface area contributed by atoms with Gasteiger partial charge in [-0.05, 0) is 32.0 Å². The van der Waals surface area contributed by atoms with Gasteiger partial charge in [-0.3, -0.25) is 0 Å². The Bertz CT molecular complexity index is 491. The van der Waals surface area contributed by atoms with Crippen LogP contribution in [0.2, 0.25) is 0 Å². The fourth-order valence-corrected chi connectivity index (χ4v) is 3.66. The monoisotopic (exact) mass is 307 g/mol. The number of nitrogens with one attached hydrogen (secondary N) is 1. The lowest BCUT2D eigenvalue weighted by molar-refractivity contribution is 0.0868. The smallest absolute Gasteiger partial charge is 0.146 e. The van der Waals surface area contributed by atoms with Crippen LogP contribution in [0.25, 0.3) is 0 Å². The van der Waals surface area contributed by atoms with Crippen LogP contribution in [0.3, 0.4) is 0 Å². The fourth-order valence-electron chi connectivity index (χ4n) is 3.66. The summed E-state index contributed by atoms with van der Waals surface area (Å²) in [7, 11) is 3.92. The van der Waals surface area contributed by atoms with Crippen LogP contribution in [0.5, 0.6) is 0 Å². The zero-order chi connectivity index (χ0) is 15.5. The van der Waals surface area contributed by atoms with E-state index in [0.717, 1.165) is 44.7 Å². The average Bonchev–Trinajstić information content (AvgIpc) is 2.88. The standard InChI is InChI=1S/C17H26FN3O/c1-20-11-15(17(12-20)22-2)19-13-7-9-21(10-8-13)16-6-4-3-5-14(16)18/h3-6,13,15,17,19H,7-12H2,1-2H3/t15-,17-/m0/s1. The van der Waals surface area contributed by atoms with Gasteiger partial charge < -0.3 is 19.9 Å². The van der Waals surface area contributed by atoms with Crippen molar-refractivity contribution in [3.05, 3.63) is 30.1 Å². The maximum atomic E-state index is 13.9. The largest absolute Gasteiger partial charge is 0.378 e. The van der Waals surface area contributed by atoms with Gasteiger partial charge in [-0.1, -0.05) is 12.1 Å². The van der Waals surface area contributed by atoms with E-state index in [2.05, 4.69) is 22.2 Å². The Balaban J connectivity index is 1.53. The van der Waals surface area contributed by atoms with Crippen molar-refractivity contribution in [2.24, 2.45) is 0 Å². The molecule has 0 amide bonds. The molecule has 122 valence electrons. The average molecular weight is 307 g/mol. The SMILES string of the molecule is CO[C@H]1CN(C)C[C@@H]1NC1CCN(c2ccccc2F)CC1. The van der Waals surface area contributed by atoms with Crippen molar-refractivity contribution >= 4 is 5.69 Å². The molecule has 4 nitrogen and oxygen atoms in total. The van der Waals surface area contributed by atoms with Gasteiger partial charge in [0.2, 0.25) is 0 Å². The van der Waals surface area contributed by atoms with Gasteiger partial charge in [-0.15, -0.1) is 0 Å². The molecule has 0 bridgehead atoms. The number of anilines is 1. The molecular weight excluding hydrogens is 281 g/mol. The van der Waals surface area contributed by atoms with Crippen molar-refractivity contribution < 1.29 is 9.13 Å². The number of hydrogen-bond acceptors (Lipinski definition) is 4. The molecule has 1 aromatic carbocycles. The molecular formula is C17H26FN3O. The third-order valence-corrected chi connectivity index (χ3v) is 4.89. The Labute approximate surface area is 132 Å². The Kier molecular flexibility index (Phi) is 4.96. The normalized spacial score (nSPS) is 27.5. The summed E-state index contributed by atoms with van der Waals surface area (Å²) in [5, 5.41) is 3.75. The zero-order valence-electron chi connectivity index (χ0n) is 13.5. The Hall–Kier alpha value is -1.17. The van der Waals surface area contributed by atoms with Gasteiger partial charge in [0, 0.05) is 45.4 Å². The van der Waals surface area contributed by atoms with E-state index in [1.54, 1.807) is 13.2 Å². The molecule has 1 N–H and O–H groups in total. The van der Waals surface area contributed by atoms with E-state index in [-0.39, 0.29) is 11.9 Å². The van der Waals surface area contributed by atoms with Crippen LogP contribution in [0.4, 0.5) is 10.1 Å². The molecule has 22 heavy (non-hydrogen) atoms. The number of benzene rings is 1. The topological polar surface area (TPSA) is 27.7 Å². The molecule has 3 rings (SSSR count). The Morgan fingerprint density at radius 1 is 1.18 bits per heavy atom. The third-order valence-electron chi connectivity index (χ3n) is 4.89. The summed E-state index contributed by atoms with van der Waals surface area (Å²) in [5.74, 6) is -0.120. The van der Waals surface area contributed by atoms with E-state index in [1.807, 2.05) is 12.1 Å². The van der Waals surface area contributed by atoms with Crippen LogP contribution in [-0.4, -0.2) is 63.4 Å². The van der Waals surface area contributed by atoms with Crippen LogP contribution < -0.4 is 10.2 Å². The summed E-state index contributed by atoms with van der Waals surface area (Å²) in [4.78, 5) is 4.46. The highest BCUT2D eigenvalue weighted by Crippen LogP contribution is 2.23. The third kappa shape index (κ3) is 3.42. The lowest BCUT2D eigenvalue weighted by Crippen LogP contribution is -2.50. The van der Waals surface area contributed by atoms with Crippen molar-refractivity contribution in [1.29, 1.82) is 0 Å². The first-order chi connectivity index (χ1) is 10.7. The molecule has 0 unspecified atom stereocenters. The van der Waals surface area contributed by atoms with Crippen molar-refractivity contribution in [2.45, 2.75) is 31.0 Å². The second-order valence-electron chi connectivity index (χ2n) is 6.48. The molecule has 0 saturated carbocycles. The quantitative estimate of drug-likeness (QED) is 0.916. The number of hydrogen-bond donors (Lipinski definition) is 1. The lowest BCUT2D eigenvalue weighted by atomic mass is 10.0. The highest BCUT2D eigenvalue weighted by molar-refractivity contribution is 5.47. The van der Waals surface area contributed by atoms with Crippen LogP contribution in [0.15, 0.2) is 24.3 Å². The zero-order valence-corrected chi connectivity index (χ0v) is 13.5. The number of ether oxygens (including phenoxy) is 1. The Morgan fingerprint density at radius 2 is 1.91 bits per heavy atom. The van der Waals surface area contributed by atoms with Crippen molar-refractivity contribution in [3.8, 4) is 0 Å². The van der Waals surface area contributed by atoms with Crippen LogP contribution in [-0.2, 0) is 4.74 Å². The number of likely N-dealkylation sites (tertiary alicyclic amines) is 1. The van der Waals surface area contributed by atoms with Gasteiger partial charge in [0.05, 0.1) is 11.8 Å². The number of likely N-dealkylation sites (N-methyl/N-ethyl adjacent to an activating group) is 1. The van der Waals surface area contributed by atoms with E-state index in [0.29, 0.717) is 12.1 Å². The maximum absolute atomic E-state index is 13.9. The number of methoxy groups -OCH3 is 1. The van der Waals surface area contributed by atoms with Crippen LogP contribution in [0.1, 0.15) is 12.8 Å². The summed E-state index contributed by atoms with van der Waals surface area (Å²) >= 11 is 0. The van der Waals surface area contributed by atoms with Gasteiger partial charge in [-0.25, -0.2) is 4.39 Å². The van der Waals surface area contributed by atoms with Gasteiger partial charge in [0.1, 0.15) is 5.82 Å². The van der Waals surface area contributed by atoms with E-state index in [9.17, 15) is 4.39 Å². The van der Waals surface area contributed by atoms with Gasteiger partial charge in [0.15, 0.2) is 0 Å². The van der Waals surface area contributed by atoms with E-state index >= 15 is 0 Å². The minimum Gasteiger partial charge on any atom is -0.378 e. The molecule has 2 aliphatic heterocycles. The van der Waals surface area contributed by atoms with Crippen molar-refractivity contribution in [1.82, 2.24) is 10.2 Å². The molecule has 2 fully saturated rings. The minimum atomic E-state index is -0.120. The number of halogens is 1. The number of piperidine rings is 1. The number of nitrogens with zero attached hydrogens (tertiary/aromatic N) is 2. The first-order valence-electron chi connectivity index (χ1n) is 8.14. The molecule has 2 atom stereocenters. The van der Waals surface area contributed by atoms with E-state index in [1.165, 1.54) is 6.07 Å². The summed E-state index contributed by atoms with van der Waals surface area (Å²) in [6.45, 7) is 3.83. The number of rotatable bonds is 4. The highest BCUT2D eigenvalue weighted by Gasteiger charge is 2.33. The summed E-state index contributed by atoms with van der Waals surface area (Å²) in [6.07, 6.45) is 2.37. The molecule has 0 aliphatic carbocycles. The summed E-state index contributed by atoms with van der Waals surface area (Å²) in [5.41, 5.74) is 0.733.